The number of benzene rings is 1. The Balaban J connectivity index is 2.73. The second-order valence-corrected chi connectivity index (χ2v) is 4.39. The minimum atomic E-state index is -0.835. The Kier molecular flexibility index (Phi) is 5.12. The van der Waals surface area contributed by atoms with E-state index in [0.29, 0.717) is 6.54 Å². The summed E-state index contributed by atoms with van der Waals surface area (Å²) in [5.74, 6) is -0.835. The summed E-state index contributed by atoms with van der Waals surface area (Å²) in [4.78, 5) is 13.3. The number of aryl methyl sites for hydroxylation is 1. The van der Waals surface area contributed by atoms with Gasteiger partial charge in [-0.1, -0.05) is 24.3 Å². The van der Waals surface area contributed by atoms with Gasteiger partial charge in [-0.3, -0.25) is 10.1 Å². The molecule has 0 bridgehead atoms. The van der Waals surface area contributed by atoms with Crippen LogP contribution in [0.2, 0.25) is 0 Å². The topological polar surface area (TPSA) is 52.6 Å². The lowest BCUT2D eigenvalue weighted by Crippen LogP contribution is -2.34. The number of hydrogen-bond donors (Lipinski definition) is 2. The molecule has 0 fully saturated rings. The third kappa shape index (κ3) is 4.17. The molecule has 0 aromatic heterocycles. The Morgan fingerprint density at radius 2 is 2.06 bits per heavy atom. The molecule has 2 N–H and O–H groups in total. The van der Waals surface area contributed by atoms with Gasteiger partial charge in [-0.25, -0.2) is 0 Å². The first-order valence-electron chi connectivity index (χ1n) is 5.69. The second kappa shape index (κ2) is 6.37. The zero-order valence-electron chi connectivity index (χ0n) is 10.6. The highest BCUT2D eigenvalue weighted by Gasteiger charge is 2.20. The van der Waals surface area contributed by atoms with E-state index in [4.69, 9.17) is 0 Å². The van der Waals surface area contributed by atoms with Crippen LogP contribution in [0.4, 0.5) is 0 Å². The molecule has 0 saturated carbocycles. The molecule has 17 heavy (non-hydrogen) atoms. The zero-order valence-corrected chi connectivity index (χ0v) is 10.6. The molecule has 0 saturated heterocycles. The highest BCUT2D eigenvalue weighted by molar-refractivity contribution is 5.76. The molecule has 4 nitrogen and oxygen atoms in total. The lowest BCUT2D eigenvalue weighted by Gasteiger charge is -2.18. The van der Waals surface area contributed by atoms with Gasteiger partial charge in [0.2, 0.25) is 0 Å². The molecular weight excluding hydrogens is 216 g/mol. The van der Waals surface area contributed by atoms with Gasteiger partial charge in [0.15, 0.2) is 0 Å². The van der Waals surface area contributed by atoms with Crippen LogP contribution in [0.15, 0.2) is 24.3 Å². The van der Waals surface area contributed by atoms with E-state index in [9.17, 15) is 9.90 Å². The largest absolute Gasteiger partial charge is 0.480 e. The van der Waals surface area contributed by atoms with Crippen LogP contribution in [-0.2, 0) is 4.79 Å². The number of hydrogen-bond acceptors (Lipinski definition) is 3. The summed E-state index contributed by atoms with van der Waals surface area (Å²) >= 11 is 0. The number of nitrogens with zero attached hydrogens (tertiary/aromatic N) is 1. The summed E-state index contributed by atoms with van der Waals surface area (Å²) in [5, 5.41) is 12.3. The van der Waals surface area contributed by atoms with Crippen molar-refractivity contribution in [2.75, 3.05) is 27.2 Å². The molecule has 0 aliphatic carbocycles. The monoisotopic (exact) mass is 236 g/mol. The number of aliphatic carboxylic acids is 1. The molecule has 1 unspecified atom stereocenters. The number of carboxylic acid groups (broad SMARTS) is 1. The molecule has 1 aromatic carbocycles. The average molecular weight is 236 g/mol. The van der Waals surface area contributed by atoms with E-state index >= 15 is 0 Å². The smallest absolute Gasteiger partial charge is 0.325 e. The van der Waals surface area contributed by atoms with Gasteiger partial charge in [0.05, 0.1) is 0 Å². The summed E-state index contributed by atoms with van der Waals surface area (Å²) in [5.41, 5.74) is 1.83. The Hall–Kier alpha value is -1.39. The summed E-state index contributed by atoms with van der Waals surface area (Å²) in [6.45, 7) is 3.40. The molecule has 0 heterocycles. The van der Waals surface area contributed by atoms with Crippen LogP contribution < -0.4 is 5.32 Å². The van der Waals surface area contributed by atoms with Crippen LogP contribution in [0.25, 0.3) is 0 Å². The number of carboxylic acids is 1. The van der Waals surface area contributed by atoms with E-state index < -0.39 is 12.0 Å². The van der Waals surface area contributed by atoms with Gasteiger partial charge in [-0.15, -0.1) is 0 Å². The van der Waals surface area contributed by atoms with Crippen LogP contribution in [0.5, 0.6) is 0 Å². The summed E-state index contributed by atoms with van der Waals surface area (Å²) in [6.07, 6.45) is 0. The SMILES string of the molecule is Cc1ccccc1C(NCCN(C)C)C(=O)O. The van der Waals surface area contributed by atoms with Gasteiger partial charge >= 0.3 is 5.97 Å². The third-order valence-electron chi connectivity index (χ3n) is 2.65. The lowest BCUT2D eigenvalue weighted by molar-refractivity contribution is -0.139. The Bertz CT molecular complexity index is 377. The van der Waals surface area contributed by atoms with Gasteiger partial charge in [0.1, 0.15) is 6.04 Å². The molecular formula is C13H20N2O2. The quantitative estimate of drug-likeness (QED) is 0.781. The van der Waals surface area contributed by atoms with Crippen molar-refractivity contribution in [3.63, 3.8) is 0 Å². The number of nitrogens with one attached hydrogen (secondary N) is 1. The van der Waals surface area contributed by atoms with Gasteiger partial charge in [0.25, 0.3) is 0 Å². The van der Waals surface area contributed by atoms with E-state index in [2.05, 4.69) is 5.32 Å². The number of rotatable bonds is 6. The number of likely N-dealkylation sites (N-methyl/N-ethyl adjacent to an activating group) is 1. The fraction of sp³-hybridized carbons (Fsp3) is 0.462. The first kappa shape index (κ1) is 13.7. The van der Waals surface area contributed by atoms with Crippen LogP contribution in [0.3, 0.4) is 0 Å². The minimum absolute atomic E-state index is 0.629. The van der Waals surface area contributed by atoms with Crippen LogP contribution in [0.1, 0.15) is 17.2 Å². The fourth-order valence-corrected chi connectivity index (χ4v) is 1.67. The van der Waals surface area contributed by atoms with Crippen molar-refractivity contribution in [1.82, 2.24) is 10.2 Å². The summed E-state index contributed by atoms with van der Waals surface area (Å²) in [7, 11) is 3.93. The zero-order chi connectivity index (χ0) is 12.8. The van der Waals surface area contributed by atoms with Crippen LogP contribution >= 0.6 is 0 Å². The molecule has 0 aliphatic rings. The lowest BCUT2D eigenvalue weighted by atomic mass is 10.0. The Labute approximate surface area is 102 Å². The molecule has 1 atom stereocenters. The van der Waals surface area contributed by atoms with E-state index in [1.54, 1.807) is 0 Å². The highest BCUT2D eigenvalue weighted by atomic mass is 16.4. The molecule has 0 radical (unpaired) electrons. The minimum Gasteiger partial charge on any atom is -0.480 e. The van der Waals surface area contributed by atoms with Crippen molar-refractivity contribution >= 4 is 5.97 Å². The van der Waals surface area contributed by atoms with Gasteiger partial charge < -0.3 is 10.0 Å². The van der Waals surface area contributed by atoms with E-state index in [1.807, 2.05) is 50.2 Å². The Morgan fingerprint density at radius 1 is 1.41 bits per heavy atom. The van der Waals surface area contributed by atoms with Crippen LogP contribution in [0, 0.1) is 6.92 Å². The molecule has 0 spiro atoms. The van der Waals surface area contributed by atoms with Crippen molar-refractivity contribution in [3.8, 4) is 0 Å². The van der Waals surface area contributed by atoms with Crippen molar-refractivity contribution in [1.29, 1.82) is 0 Å². The van der Waals surface area contributed by atoms with E-state index in [-0.39, 0.29) is 0 Å². The summed E-state index contributed by atoms with van der Waals surface area (Å²) < 4.78 is 0. The number of carbonyl (C=O) groups is 1. The molecule has 0 amide bonds. The maximum absolute atomic E-state index is 11.3. The van der Waals surface area contributed by atoms with Crippen molar-refractivity contribution in [2.45, 2.75) is 13.0 Å². The van der Waals surface area contributed by atoms with Gasteiger partial charge in [-0.2, -0.15) is 0 Å². The van der Waals surface area contributed by atoms with E-state index in [1.165, 1.54) is 0 Å². The van der Waals surface area contributed by atoms with Crippen LogP contribution in [-0.4, -0.2) is 43.2 Å². The maximum Gasteiger partial charge on any atom is 0.325 e. The highest BCUT2D eigenvalue weighted by Crippen LogP contribution is 2.17. The maximum atomic E-state index is 11.3. The predicted octanol–water partition coefficient (Wildman–Crippen LogP) is 1.27. The van der Waals surface area contributed by atoms with Crippen molar-refractivity contribution < 1.29 is 9.90 Å². The molecule has 0 aliphatic heterocycles. The first-order chi connectivity index (χ1) is 8.02. The predicted molar refractivity (Wildman–Crippen MR) is 68.1 cm³/mol. The standard InChI is InChI=1S/C13H20N2O2/c1-10-6-4-5-7-11(10)12(13(16)17)14-8-9-15(2)3/h4-7,12,14H,8-9H2,1-3H3,(H,16,17). The molecule has 94 valence electrons. The molecule has 4 heteroatoms. The normalized spacial score (nSPS) is 12.7. The van der Waals surface area contributed by atoms with Gasteiger partial charge in [-0.05, 0) is 32.1 Å². The Morgan fingerprint density at radius 3 is 2.59 bits per heavy atom. The van der Waals surface area contributed by atoms with Crippen molar-refractivity contribution in [3.05, 3.63) is 35.4 Å². The molecule has 1 rings (SSSR count). The second-order valence-electron chi connectivity index (χ2n) is 4.39. The fourth-order valence-electron chi connectivity index (χ4n) is 1.67. The first-order valence-corrected chi connectivity index (χ1v) is 5.69. The summed E-state index contributed by atoms with van der Waals surface area (Å²) in [6, 6.07) is 6.94. The van der Waals surface area contributed by atoms with Crippen molar-refractivity contribution in [2.24, 2.45) is 0 Å². The van der Waals surface area contributed by atoms with E-state index in [0.717, 1.165) is 17.7 Å². The van der Waals surface area contributed by atoms with Gasteiger partial charge in [0, 0.05) is 13.1 Å². The molecule has 1 aromatic rings. The third-order valence-corrected chi connectivity index (χ3v) is 2.65. The average Bonchev–Trinajstić information content (AvgIpc) is 2.25.